The number of nitrogens with zero attached hydrogens (tertiary/aromatic N) is 2. The maximum atomic E-state index is 13.4. The molecular weight excluding hydrogens is 356 g/mol. The summed E-state index contributed by atoms with van der Waals surface area (Å²) in [5.74, 6) is 2.09. The van der Waals surface area contributed by atoms with E-state index >= 15 is 0 Å². The zero-order chi connectivity index (χ0) is 18.7. The highest BCUT2D eigenvalue weighted by atomic mass is 16.5. The summed E-state index contributed by atoms with van der Waals surface area (Å²) in [6, 6.07) is 5.67. The number of aromatic nitrogens is 2. The van der Waals surface area contributed by atoms with Gasteiger partial charge in [0.1, 0.15) is 5.69 Å². The van der Waals surface area contributed by atoms with Gasteiger partial charge in [0.05, 0.1) is 22.9 Å². The summed E-state index contributed by atoms with van der Waals surface area (Å²) >= 11 is 0. The van der Waals surface area contributed by atoms with Gasteiger partial charge >= 0.3 is 0 Å². The SMILES string of the molecule is O=C(N[C@@H]1C[C@H]2CNC[C@@H]1C2)c1cc(-c2ccco2)nc2onc(C3CC3)c12. The molecule has 0 unspecified atom stereocenters. The van der Waals surface area contributed by atoms with E-state index in [2.05, 4.69) is 20.8 Å². The number of nitrogens with one attached hydrogen (secondary N) is 2. The third-order valence-corrected chi connectivity index (χ3v) is 6.40. The van der Waals surface area contributed by atoms with Crippen molar-refractivity contribution in [3.05, 3.63) is 35.7 Å². The number of furan rings is 1. The quantitative estimate of drug-likeness (QED) is 0.725. The Hall–Kier alpha value is -2.67. The second-order valence-corrected chi connectivity index (χ2v) is 8.39. The minimum absolute atomic E-state index is 0.0668. The lowest BCUT2D eigenvalue weighted by Crippen LogP contribution is -2.40. The van der Waals surface area contributed by atoms with Crippen LogP contribution in [0.5, 0.6) is 0 Å². The molecule has 0 spiro atoms. The number of carbonyl (C=O) groups excluding carboxylic acids is 1. The minimum atomic E-state index is -0.0668. The number of rotatable bonds is 4. The highest BCUT2D eigenvalue weighted by Gasteiger charge is 2.38. The molecule has 3 aromatic rings. The Balaban J connectivity index is 1.41. The molecular formula is C21H22N4O3. The molecule has 0 radical (unpaired) electrons. The first-order chi connectivity index (χ1) is 13.8. The molecule has 1 aliphatic heterocycles. The van der Waals surface area contributed by atoms with Crippen LogP contribution in [0.3, 0.4) is 0 Å². The Morgan fingerprint density at radius 1 is 1.25 bits per heavy atom. The van der Waals surface area contributed by atoms with Crippen molar-refractivity contribution >= 4 is 17.0 Å². The molecule has 7 heteroatoms. The molecule has 2 saturated carbocycles. The predicted octanol–water partition coefficient (Wildman–Crippen LogP) is 3.09. The summed E-state index contributed by atoms with van der Waals surface area (Å²) in [5, 5.41) is 11.8. The van der Waals surface area contributed by atoms with Crippen molar-refractivity contribution in [2.24, 2.45) is 11.8 Å². The average Bonchev–Trinajstić information content (AvgIpc) is 3.13. The van der Waals surface area contributed by atoms with Gasteiger partial charge in [0.15, 0.2) is 5.76 Å². The number of fused-ring (bicyclic) bond motifs is 3. The first kappa shape index (κ1) is 16.3. The van der Waals surface area contributed by atoms with Crippen LogP contribution < -0.4 is 10.6 Å². The molecule has 2 aliphatic carbocycles. The zero-order valence-electron chi connectivity index (χ0n) is 15.5. The van der Waals surface area contributed by atoms with Gasteiger partial charge in [-0.2, -0.15) is 0 Å². The molecule has 7 nitrogen and oxygen atoms in total. The third kappa shape index (κ3) is 2.64. The van der Waals surface area contributed by atoms with Gasteiger partial charge < -0.3 is 19.6 Å². The van der Waals surface area contributed by atoms with Crippen molar-refractivity contribution in [3.8, 4) is 11.5 Å². The molecule has 2 N–H and O–H groups in total. The second-order valence-electron chi connectivity index (χ2n) is 8.39. The van der Waals surface area contributed by atoms with E-state index in [-0.39, 0.29) is 11.9 Å². The van der Waals surface area contributed by atoms with E-state index < -0.39 is 0 Å². The Labute approximate surface area is 161 Å². The van der Waals surface area contributed by atoms with E-state index in [0.29, 0.717) is 40.5 Å². The highest BCUT2D eigenvalue weighted by molar-refractivity contribution is 6.07. The largest absolute Gasteiger partial charge is 0.463 e. The van der Waals surface area contributed by atoms with Crippen LogP contribution in [0.15, 0.2) is 33.4 Å². The first-order valence-electron chi connectivity index (χ1n) is 10.1. The van der Waals surface area contributed by atoms with E-state index in [0.717, 1.165) is 43.4 Å². The van der Waals surface area contributed by atoms with Gasteiger partial charge in [0.2, 0.25) is 0 Å². The molecule has 0 aromatic carbocycles. The highest BCUT2D eigenvalue weighted by Crippen LogP contribution is 2.43. The lowest BCUT2D eigenvalue weighted by Gasteiger charge is -2.22. The van der Waals surface area contributed by atoms with Crippen molar-refractivity contribution in [2.45, 2.75) is 37.6 Å². The molecule has 3 aliphatic rings. The second kappa shape index (κ2) is 6.17. The van der Waals surface area contributed by atoms with Crippen LogP contribution >= 0.6 is 0 Å². The summed E-state index contributed by atoms with van der Waals surface area (Å²) in [5.41, 5.74) is 2.46. The fourth-order valence-electron chi connectivity index (χ4n) is 4.87. The molecule has 4 heterocycles. The molecule has 6 rings (SSSR count). The topological polar surface area (TPSA) is 93.2 Å². The Morgan fingerprint density at radius 3 is 2.96 bits per heavy atom. The van der Waals surface area contributed by atoms with Crippen molar-refractivity contribution in [1.82, 2.24) is 20.8 Å². The van der Waals surface area contributed by atoms with Gasteiger partial charge in [-0.25, -0.2) is 4.98 Å². The maximum Gasteiger partial charge on any atom is 0.259 e. The van der Waals surface area contributed by atoms with Crippen LogP contribution in [-0.4, -0.2) is 35.2 Å². The lowest BCUT2D eigenvalue weighted by atomic mass is 9.99. The number of piperidine rings is 1. The predicted molar refractivity (Wildman–Crippen MR) is 102 cm³/mol. The number of pyridine rings is 1. The van der Waals surface area contributed by atoms with E-state index in [1.165, 1.54) is 6.42 Å². The van der Waals surface area contributed by atoms with Crippen molar-refractivity contribution in [2.75, 3.05) is 13.1 Å². The molecule has 3 fully saturated rings. The van der Waals surface area contributed by atoms with Crippen LogP contribution in [0.4, 0.5) is 0 Å². The molecule has 2 bridgehead atoms. The fraction of sp³-hybridized carbons (Fsp3) is 0.476. The summed E-state index contributed by atoms with van der Waals surface area (Å²) in [7, 11) is 0. The Kier molecular flexibility index (Phi) is 3.59. The maximum absolute atomic E-state index is 13.4. The van der Waals surface area contributed by atoms with E-state index in [1.807, 2.05) is 18.2 Å². The van der Waals surface area contributed by atoms with Gasteiger partial charge in [-0.1, -0.05) is 5.16 Å². The van der Waals surface area contributed by atoms with E-state index in [1.54, 1.807) is 6.26 Å². The fourth-order valence-corrected chi connectivity index (χ4v) is 4.87. The summed E-state index contributed by atoms with van der Waals surface area (Å²) in [6.45, 7) is 2.04. The van der Waals surface area contributed by atoms with Gasteiger partial charge in [0.25, 0.3) is 11.6 Å². The van der Waals surface area contributed by atoms with Crippen LogP contribution in [0.1, 0.15) is 47.7 Å². The van der Waals surface area contributed by atoms with Crippen molar-refractivity contribution in [3.63, 3.8) is 0 Å². The number of amides is 1. The third-order valence-electron chi connectivity index (χ3n) is 6.40. The zero-order valence-corrected chi connectivity index (χ0v) is 15.5. The van der Waals surface area contributed by atoms with Crippen LogP contribution in [0, 0.1) is 11.8 Å². The number of hydrogen-bond donors (Lipinski definition) is 2. The summed E-state index contributed by atoms with van der Waals surface area (Å²) < 4.78 is 11.0. The Morgan fingerprint density at radius 2 is 2.18 bits per heavy atom. The smallest absolute Gasteiger partial charge is 0.259 e. The lowest BCUT2D eigenvalue weighted by molar-refractivity contribution is 0.0930. The molecule has 1 amide bonds. The van der Waals surface area contributed by atoms with Crippen molar-refractivity contribution < 1.29 is 13.7 Å². The van der Waals surface area contributed by atoms with E-state index in [9.17, 15) is 4.79 Å². The molecule has 3 aromatic heterocycles. The van der Waals surface area contributed by atoms with Crippen LogP contribution in [-0.2, 0) is 0 Å². The van der Waals surface area contributed by atoms with Gasteiger partial charge in [-0.3, -0.25) is 4.79 Å². The summed E-state index contributed by atoms with van der Waals surface area (Å²) in [6.07, 6.45) is 6.01. The summed E-state index contributed by atoms with van der Waals surface area (Å²) in [4.78, 5) is 17.9. The normalized spacial score (nSPS) is 26.6. The van der Waals surface area contributed by atoms with Crippen LogP contribution in [0.25, 0.3) is 22.6 Å². The standard InChI is InChI=1S/C21H22N4O3/c26-20(23-15-7-11-6-13(15)10-22-9-11)14-8-16(17-2-1-5-27-17)24-21-18(14)19(25-28-21)12-3-4-12/h1-2,5,8,11-13,15,22H,3-4,6-7,9-10H2,(H,23,26)/t11-,13-,15+/m0/s1. The minimum Gasteiger partial charge on any atom is -0.463 e. The van der Waals surface area contributed by atoms with Gasteiger partial charge in [0, 0.05) is 12.0 Å². The van der Waals surface area contributed by atoms with Gasteiger partial charge in [-0.15, -0.1) is 0 Å². The number of hydrogen-bond acceptors (Lipinski definition) is 6. The Bertz CT molecular complexity index is 1040. The first-order valence-corrected chi connectivity index (χ1v) is 10.1. The average molecular weight is 378 g/mol. The molecule has 3 atom stereocenters. The van der Waals surface area contributed by atoms with Crippen LogP contribution in [0.2, 0.25) is 0 Å². The monoisotopic (exact) mass is 378 g/mol. The molecule has 28 heavy (non-hydrogen) atoms. The van der Waals surface area contributed by atoms with Gasteiger partial charge in [-0.05, 0) is 68.8 Å². The molecule has 144 valence electrons. The molecule has 1 saturated heterocycles. The van der Waals surface area contributed by atoms with Crippen molar-refractivity contribution in [1.29, 1.82) is 0 Å². The number of carbonyl (C=O) groups is 1. The van der Waals surface area contributed by atoms with E-state index in [4.69, 9.17) is 8.94 Å².